The first-order valence-electron chi connectivity index (χ1n) is 10.1. The van der Waals surface area contributed by atoms with Crippen LogP contribution >= 0.6 is 12.6 Å². The largest absolute Gasteiger partial charge is 0.355 e. The van der Waals surface area contributed by atoms with Gasteiger partial charge in [-0.15, -0.1) is 5.92 Å². The van der Waals surface area contributed by atoms with E-state index in [1.54, 1.807) is 0 Å². The maximum Gasteiger partial charge on any atom is 0.220 e. The number of amides is 1. The number of carbonyl (C=O) groups is 1. The topological polar surface area (TPSA) is 29.1 Å². The molecule has 0 atom stereocenters. The molecule has 0 spiro atoms. The van der Waals surface area contributed by atoms with Gasteiger partial charge in [-0.25, -0.2) is 0 Å². The Labute approximate surface area is 167 Å². The lowest BCUT2D eigenvalue weighted by atomic mass is 10.2. The van der Waals surface area contributed by atoms with Crippen LogP contribution in [0, 0.1) is 11.8 Å². The summed E-state index contributed by atoms with van der Waals surface area (Å²) in [6.45, 7) is 2.89. The highest BCUT2D eigenvalue weighted by molar-refractivity contribution is 7.80. The van der Waals surface area contributed by atoms with E-state index in [0.717, 1.165) is 38.5 Å². The van der Waals surface area contributed by atoms with E-state index in [-0.39, 0.29) is 5.91 Å². The molecule has 0 saturated carbocycles. The van der Waals surface area contributed by atoms with Crippen LogP contribution in [0.25, 0.3) is 0 Å². The molecule has 2 nitrogen and oxygen atoms in total. The minimum absolute atomic E-state index is 0.120. The van der Waals surface area contributed by atoms with Crippen molar-refractivity contribution in [1.29, 1.82) is 0 Å². The van der Waals surface area contributed by atoms with Crippen molar-refractivity contribution in [2.45, 2.75) is 77.6 Å². The second kappa shape index (κ2) is 21.6. The van der Waals surface area contributed by atoms with Crippen LogP contribution in [-0.2, 0) is 4.79 Å². The van der Waals surface area contributed by atoms with Gasteiger partial charge in [-0.3, -0.25) is 4.79 Å². The molecule has 0 aromatic rings. The Hall–Kier alpha value is -1.40. The van der Waals surface area contributed by atoms with Gasteiger partial charge in [-0.1, -0.05) is 62.1 Å². The van der Waals surface area contributed by atoms with Crippen LogP contribution < -0.4 is 5.32 Å². The molecule has 0 aliphatic rings. The third-order valence-electron chi connectivity index (χ3n) is 3.75. The number of hydrogen-bond acceptors (Lipinski definition) is 2. The van der Waals surface area contributed by atoms with Gasteiger partial charge < -0.3 is 5.32 Å². The maximum atomic E-state index is 11.4. The normalized spacial score (nSPS) is 11.3. The molecule has 1 N–H and O–H groups in total. The monoisotopic (exact) mass is 375 g/mol. The van der Waals surface area contributed by atoms with Crippen LogP contribution in [0.3, 0.4) is 0 Å². The van der Waals surface area contributed by atoms with Crippen LogP contribution in [0.15, 0.2) is 36.5 Å². The summed E-state index contributed by atoms with van der Waals surface area (Å²) < 4.78 is 0. The van der Waals surface area contributed by atoms with E-state index in [0.29, 0.717) is 18.7 Å². The lowest BCUT2D eigenvalue weighted by Gasteiger charge is -2.01. The fourth-order valence-corrected chi connectivity index (χ4v) is 2.37. The molecule has 0 aromatic carbocycles. The highest BCUT2D eigenvalue weighted by Gasteiger charge is 1.98. The lowest BCUT2D eigenvalue weighted by molar-refractivity contribution is -0.121. The van der Waals surface area contributed by atoms with Crippen molar-refractivity contribution in [1.82, 2.24) is 5.32 Å². The Kier molecular flexibility index (Phi) is 20.5. The Morgan fingerprint density at radius 3 is 2.38 bits per heavy atom. The van der Waals surface area contributed by atoms with Crippen molar-refractivity contribution in [3.8, 4) is 11.8 Å². The molecule has 0 aromatic heterocycles. The smallest absolute Gasteiger partial charge is 0.220 e. The summed E-state index contributed by atoms with van der Waals surface area (Å²) in [7, 11) is 0. The van der Waals surface area contributed by atoms with E-state index in [1.165, 1.54) is 25.7 Å². The summed E-state index contributed by atoms with van der Waals surface area (Å²) in [5, 5.41) is 2.82. The Morgan fingerprint density at radius 2 is 1.65 bits per heavy atom. The maximum absolute atomic E-state index is 11.4. The van der Waals surface area contributed by atoms with Crippen LogP contribution in [0.2, 0.25) is 0 Å². The molecule has 0 saturated heterocycles. The number of carbonyl (C=O) groups excluding carboxylic acids is 1. The van der Waals surface area contributed by atoms with Gasteiger partial charge in [0.2, 0.25) is 5.91 Å². The number of unbranched alkanes of at least 4 members (excludes halogenated alkanes) is 5. The van der Waals surface area contributed by atoms with Gasteiger partial charge in [0.1, 0.15) is 0 Å². The molecule has 0 radical (unpaired) electrons. The Morgan fingerprint density at radius 1 is 0.923 bits per heavy atom. The van der Waals surface area contributed by atoms with Gasteiger partial charge >= 0.3 is 0 Å². The van der Waals surface area contributed by atoms with Crippen molar-refractivity contribution in [3.63, 3.8) is 0 Å². The quantitative estimate of drug-likeness (QED) is 0.156. The van der Waals surface area contributed by atoms with Gasteiger partial charge in [0.25, 0.3) is 0 Å². The van der Waals surface area contributed by atoms with E-state index in [1.807, 2.05) is 0 Å². The van der Waals surface area contributed by atoms with Gasteiger partial charge in [-0.2, -0.15) is 12.6 Å². The van der Waals surface area contributed by atoms with Crippen LogP contribution in [0.1, 0.15) is 77.6 Å². The summed E-state index contributed by atoms with van der Waals surface area (Å²) in [4.78, 5) is 11.4. The van der Waals surface area contributed by atoms with Crippen LogP contribution in [0.5, 0.6) is 0 Å². The van der Waals surface area contributed by atoms with E-state index >= 15 is 0 Å². The zero-order valence-corrected chi connectivity index (χ0v) is 17.4. The lowest BCUT2D eigenvalue weighted by Crippen LogP contribution is -2.24. The second-order valence-corrected chi connectivity index (χ2v) is 6.67. The molecule has 0 rings (SSSR count). The molecule has 0 bridgehead atoms. The first-order valence-corrected chi connectivity index (χ1v) is 10.7. The Balaban J connectivity index is 3.46. The standard InChI is InChI=1S/C23H37NOS/c1-2-3-4-5-6-7-8-9-10-11-12-13-14-15-16-17-18-19-20-23(25)24-21-22-26/h6-7,9-10,12-13,26H,2-5,8,11,14,17-22H2,1H3,(H,24,25)/b7-6-,10-9-,13-12-. The zero-order chi connectivity index (χ0) is 19.1. The molecular weight excluding hydrogens is 338 g/mol. The second-order valence-electron chi connectivity index (χ2n) is 6.22. The molecular formula is C23H37NOS. The highest BCUT2D eigenvalue weighted by Crippen LogP contribution is 2.01. The van der Waals surface area contributed by atoms with Crippen molar-refractivity contribution in [2.75, 3.05) is 12.3 Å². The summed E-state index contributed by atoms with van der Waals surface area (Å²) in [5.41, 5.74) is 0. The predicted octanol–water partition coefficient (Wildman–Crippen LogP) is 6.02. The van der Waals surface area contributed by atoms with E-state index in [2.05, 4.69) is 73.2 Å². The first-order chi connectivity index (χ1) is 12.8. The molecule has 3 heteroatoms. The zero-order valence-electron chi connectivity index (χ0n) is 16.5. The molecule has 0 heterocycles. The molecule has 26 heavy (non-hydrogen) atoms. The van der Waals surface area contributed by atoms with Crippen molar-refractivity contribution in [2.24, 2.45) is 0 Å². The number of thiol groups is 1. The summed E-state index contributed by atoms with van der Waals surface area (Å²) in [6, 6.07) is 0. The van der Waals surface area contributed by atoms with Gasteiger partial charge in [-0.05, 0) is 38.5 Å². The van der Waals surface area contributed by atoms with Crippen LogP contribution in [0.4, 0.5) is 0 Å². The van der Waals surface area contributed by atoms with Crippen molar-refractivity contribution < 1.29 is 4.79 Å². The molecule has 0 fully saturated rings. The van der Waals surface area contributed by atoms with Gasteiger partial charge in [0.15, 0.2) is 0 Å². The van der Waals surface area contributed by atoms with E-state index in [4.69, 9.17) is 0 Å². The summed E-state index contributed by atoms with van der Waals surface area (Å²) in [5.74, 6) is 7.14. The molecule has 1 amide bonds. The van der Waals surface area contributed by atoms with Crippen molar-refractivity contribution >= 4 is 18.5 Å². The van der Waals surface area contributed by atoms with E-state index < -0.39 is 0 Å². The molecule has 0 unspecified atom stereocenters. The third kappa shape index (κ3) is 20.6. The number of hydrogen-bond donors (Lipinski definition) is 2. The van der Waals surface area contributed by atoms with E-state index in [9.17, 15) is 4.79 Å². The van der Waals surface area contributed by atoms with Crippen LogP contribution in [-0.4, -0.2) is 18.2 Å². The fraction of sp³-hybridized carbons (Fsp3) is 0.609. The minimum atomic E-state index is 0.120. The van der Waals surface area contributed by atoms with Gasteiger partial charge in [0.05, 0.1) is 0 Å². The average Bonchev–Trinajstić information content (AvgIpc) is 2.65. The van der Waals surface area contributed by atoms with Gasteiger partial charge in [0, 0.05) is 31.6 Å². The molecule has 0 aliphatic carbocycles. The average molecular weight is 376 g/mol. The van der Waals surface area contributed by atoms with Crippen molar-refractivity contribution in [3.05, 3.63) is 36.5 Å². The number of nitrogens with one attached hydrogen (secondary N) is 1. The number of allylic oxidation sites excluding steroid dienone is 6. The first kappa shape index (κ1) is 24.6. The minimum Gasteiger partial charge on any atom is -0.355 e. The predicted molar refractivity (Wildman–Crippen MR) is 119 cm³/mol. The fourth-order valence-electron chi connectivity index (χ4n) is 2.26. The molecule has 146 valence electrons. The highest BCUT2D eigenvalue weighted by atomic mass is 32.1. The Bertz CT molecular complexity index is 468. The molecule has 0 aliphatic heterocycles. The third-order valence-corrected chi connectivity index (χ3v) is 3.98. The summed E-state index contributed by atoms with van der Waals surface area (Å²) in [6.07, 6.45) is 24.6. The SMILES string of the molecule is CCCCC/C=C\C/C=C\C/C=C\CC#CCCCCC(=O)NCCS. The summed E-state index contributed by atoms with van der Waals surface area (Å²) >= 11 is 4.06. The number of rotatable bonds is 15.